The fourth-order valence-corrected chi connectivity index (χ4v) is 0.422. The molecule has 3 N–H and O–H groups in total. The summed E-state index contributed by atoms with van der Waals surface area (Å²) in [4.78, 5) is 0. The zero-order valence-electron chi connectivity index (χ0n) is 5.94. The lowest BCUT2D eigenvalue weighted by Gasteiger charge is -2.13. The van der Waals surface area contributed by atoms with E-state index in [0.717, 1.165) is 12.5 Å². The third-order valence-electron chi connectivity index (χ3n) is 1.58. The molecule has 0 saturated carbocycles. The summed E-state index contributed by atoms with van der Waals surface area (Å²) >= 11 is 0. The Morgan fingerprint density at radius 2 is 1.88 bits per heavy atom. The van der Waals surface area contributed by atoms with Crippen molar-refractivity contribution in [2.45, 2.75) is 20.8 Å². The van der Waals surface area contributed by atoms with Crippen LogP contribution in [0.3, 0.4) is 0 Å². The molecular weight excluding hydrogens is 100 g/mol. The zero-order valence-corrected chi connectivity index (χ0v) is 5.94. The first-order valence-electron chi connectivity index (χ1n) is 3.12. The molecule has 0 aliphatic carbocycles. The molecule has 0 rings (SSSR count). The van der Waals surface area contributed by atoms with Crippen LogP contribution in [0.2, 0.25) is 0 Å². The Morgan fingerprint density at radius 1 is 1.38 bits per heavy atom. The van der Waals surface area contributed by atoms with Gasteiger partial charge in [-0.2, -0.15) is 0 Å². The van der Waals surface area contributed by atoms with E-state index in [2.05, 4.69) is 26.2 Å². The lowest BCUT2D eigenvalue weighted by atomic mass is 9.99. The molecule has 2 heteroatoms. The van der Waals surface area contributed by atoms with Gasteiger partial charge in [0.25, 0.3) is 0 Å². The van der Waals surface area contributed by atoms with Crippen LogP contribution in [0.1, 0.15) is 20.8 Å². The molecule has 0 saturated heterocycles. The third kappa shape index (κ3) is 2.99. The van der Waals surface area contributed by atoms with Crippen molar-refractivity contribution in [1.82, 2.24) is 5.43 Å². The van der Waals surface area contributed by atoms with Crippen molar-refractivity contribution < 1.29 is 0 Å². The van der Waals surface area contributed by atoms with Gasteiger partial charge in [-0.25, -0.2) is 0 Å². The van der Waals surface area contributed by atoms with Gasteiger partial charge in [0.15, 0.2) is 0 Å². The fraction of sp³-hybridized carbons (Fsp3) is 1.00. The van der Waals surface area contributed by atoms with E-state index in [0.29, 0.717) is 5.92 Å². The minimum Gasteiger partial charge on any atom is -0.271 e. The SMILES string of the molecule is CC(C)C(C)CNN. The van der Waals surface area contributed by atoms with Crippen molar-refractivity contribution in [2.75, 3.05) is 6.54 Å². The molecule has 1 unspecified atom stereocenters. The summed E-state index contributed by atoms with van der Waals surface area (Å²) in [5.41, 5.74) is 2.65. The van der Waals surface area contributed by atoms with Crippen LogP contribution in [-0.2, 0) is 0 Å². The van der Waals surface area contributed by atoms with Crippen LogP contribution in [0.4, 0.5) is 0 Å². The Labute approximate surface area is 51.4 Å². The van der Waals surface area contributed by atoms with E-state index in [9.17, 15) is 0 Å². The molecule has 0 aliphatic rings. The Hall–Kier alpha value is -0.0800. The van der Waals surface area contributed by atoms with Crippen LogP contribution < -0.4 is 11.3 Å². The molecular formula is C6H16N2. The summed E-state index contributed by atoms with van der Waals surface area (Å²) in [5.74, 6) is 6.53. The molecule has 0 aromatic carbocycles. The molecule has 0 spiro atoms. The summed E-state index contributed by atoms with van der Waals surface area (Å²) in [6.07, 6.45) is 0. The number of nitrogens with one attached hydrogen (secondary N) is 1. The highest BCUT2D eigenvalue weighted by Gasteiger charge is 2.03. The van der Waals surface area contributed by atoms with Gasteiger partial charge in [-0.15, -0.1) is 0 Å². The van der Waals surface area contributed by atoms with E-state index in [4.69, 9.17) is 5.84 Å². The van der Waals surface area contributed by atoms with Gasteiger partial charge < -0.3 is 0 Å². The first-order chi connectivity index (χ1) is 3.68. The molecule has 2 nitrogen and oxygen atoms in total. The molecule has 0 bridgehead atoms. The third-order valence-corrected chi connectivity index (χ3v) is 1.58. The molecule has 0 amide bonds. The predicted octanol–water partition coefficient (Wildman–Crippen LogP) is 0.742. The zero-order chi connectivity index (χ0) is 6.57. The number of hydrogen-bond donors (Lipinski definition) is 2. The van der Waals surface area contributed by atoms with Crippen LogP contribution in [-0.4, -0.2) is 6.54 Å². The molecule has 1 atom stereocenters. The van der Waals surface area contributed by atoms with E-state index in [1.165, 1.54) is 0 Å². The second kappa shape index (κ2) is 3.87. The monoisotopic (exact) mass is 116 g/mol. The quantitative estimate of drug-likeness (QED) is 0.421. The van der Waals surface area contributed by atoms with Gasteiger partial charge in [0.1, 0.15) is 0 Å². The summed E-state index contributed by atoms with van der Waals surface area (Å²) < 4.78 is 0. The Balaban J connectivity index is 3.17. The first-order valence-corrected chi connectivity index (χ1v) is 3.12. The minimum absolute atomic E-state index is 0.681. The van der Waals surface area contributed by atoms with Crippen LogP contribution >= 0.6 is 0 Å². The highest BCUT2D eigenvalue weighted by molar-refractivity contribution is 4.56. The Kier molecular flexibility index (Phi) is 3.83. The predicted molar refractivity (Wildman–Crippen MR) is 36.2 cm³/mol. The molecule has 0 aromatic rings. The van der Waals surface area contributed by atoms with E-state index in [1.807, 2.05) is 0 Å². The van der Waals surface area contributed by atoms with Gasteiger partial charge in [0.05, 0.1) is 0 Å². The van der Waals surface area contributed by atoms with E-state index >= 15 is 0 Å². The average molecular weight is 116 g/mol. The summed E-state index contributed by atoms with van der Waals surface area (Å²) in [6.45, 7) is 7.49. The second-order valence-corrected chi connectivity index (χ2v) is 2.63. The van der Waals surface area contributed by atoms with Crippen LogP contribution in [0, 0.1) is 11.8 Å². The summed E-state index contributed by atoms with van der Waals surface area (Å²) in [7, 11) is 0. The van der Waals surface area contributed by atoms with Crippen LogP contribution in [0.15, 0.2) is 0 Å². The van der Waals surface area contributed by atoms with E-state index < -0.39 is 0 Å². The molecule has 8 heavy (non-hydrogen) atoms. The summed E-state index contributed by atoms with van der Waals surface area (Å²) in [5, 5.41) is 0. The van der Waals surface area contributed by atoms with Crippen LogP contribution in [0.5, 0.6) is 0 Å². The molecule has 0 aromatic heterocycles. The highest BCUT2D eigenvalue weighted by atomic mass is 15.2. The van der Waals surface area contributed by atoms with Gasteiger partial charge >= 0.3 is 0 Å². The largest absolute Gasteiger partial charge is 0.271 e. The number of nitrogens with two attached hydrogens (primary N) is 1. The smallest absolute Gasteiger partial charge is 0.0126 e. The van der Waals surface area contributed by atoms with Gasteiger partial charge in [-0.05, 0) is 11.8 Å². The Bertz CT molecular complexity index is 52.5. The van der Waals surface area contributed by atoms with Gasteiger partial charge in [0, 0.05) is 6.54 Å². The number of hydrogen-bond acceptors (Lipinski definition) is 2. The topological polar surface area (TPSA) is 38.0 Å². The lowest BCUT2D eigenvalue weighted by molar-refractivity contribution is 0.397. The lowest BCUT2D eigenvalue weighted by Crippen LogP contribution is -2.29. The van der Waals surface area contributed by atoms with Crippen molar-refractivity contribution in [2.24, 2.45) is 17.7 Å². The second-order valence-electron chi connectivity index (χ2n) is 2.63. The van der Waals surface area contributed by atoms with Crippen molar-refractivity contribution in [3.8, 4) is 0 Å². The van der Waals surface area contributed by atoms with Gasteiger partial charge in [-0.1, -0.05) is 20.8 Å². The van der Waals surface area contributed by atoms with Crippen molar-refractivity contribution >= 4 is 0 Å². The number of rotatable bonds is 3. The average Bonchev–Trinajstić information content (AvgIpc) is 1.67. The fourth-order valence-electron chi connectivity index (χ4n) is 0.422. The minimum atomic E-state index is 0.681. The van der Waals surface area contributed by atoms with Gasteiger partial charge in [-0.3, -0.25) is 11.3 Å². The standard InChI is InChI=1S/C6H16N2/c1-5(2)6(3)4-8-7/h5-6,8H,4,7H2,1-3H3. The number of hydrazine groups is 1. The maximum Gasteiger partial charge on any atom is 0.0126 e. The maximum atomic E-state index is 5.12. The summed E-state index contributed by atoms with van der Waals surface area (Å²) in [6, 6.07) is 0. The van der Waals surface area contributed by atoms with Crippen molar-refractivity contribution in [3.05, 3.63) is 0 Å². The van der Waals surface area contributed by atoms with Crippen molar-refractivity contribution in [3.63, 3.8) is 0 Å². The first kappa shape index (κ1) is 7.92. The molecule has 0 heterocycles. The molecule has 0 fully saturated rings. The highest BCUT2D eigenvalue weighted by Crippen LogP contribution is 2.06. The van der Waals surface area contributed by atoms with E-state index in [1.54, 1.807) is 0 Å². The maximum absolute atomic E-state index is 5.12. The molecule has 50 valence electrons. The normalized spacial score (nSPS) is 14.6. The molecule has 0 aliphatic heterocycles. The van der Waals surface area contributed by atoms with E-state index in [-0.39, 0.29) is 0 Å². The van der Waals surface area contributed by atoms with Crippen molar-refractivity contribution in [1.29, 1.82) is 0 Å². The Morgan fingerprint density at radius 3 is 2.00 bits per heavy atom. The molecule has 0 radical (unpaired) electrons. The van der Waals surface area contributed by atoms with Crippen LogP contribution in [0.25, 0.3) is 0 Å². The van der Waals surface area contributed by atoms with Gasteiger partial charge in [0.2, 0.25) is 0 Å².